The topological polar surface area (TPSA) is 15.3 Å². The van der Waals surface area contributed by atoms with Crippen molar-refractivity contribution in [3.8, 4) is 0 Å². The molecule has 0 aromatic heterocycles. The molecule has 2 fully saturated rings. The van der Waals surface area contributed by atoms with Crippen molar-refractivity contribution in [3.05, 3.63) is 35.9 Å². The summed E-state index contributed by atoms with van der Waals surface area (Å²) in [7, 11) is 0. The van der Waals surface area contributed by atoms with Gasteiger partial charge in [0.25, 0.3) is 0 Å². The van der Waals surface area contributed by atoms with Crippen molar-refractivity contribution in [2.45, 2.75) is 18.9 Å². The monoisotopic (exact) mass is 288 g/mol. The molecular formula is C14H22Cl2N2. The van der Waals surface area contributed by atoms with Crippen molar-refractivity contribution < 1.29 is 0 Å². The van der Waals surface area contributed by atoms with Crippen LogP contribution in [0.5, 0.6) is 0 Å². The van der Waals surface area contributed by atoms with E-state index in [9.17, 15) is 0 Å². The fraction of sp³-hybridized carbons (Fsp3) is 0.571. The maximum atomic E-state index is 3.44. The van der Waals surface area contributed by atoms with Crippen molar-refractivity contribution in [1.82, 2.24) is 10.2 Å². The number of nitrogens with zero attached hydrogens (tertiary/aromatic N) is 1. The molecule has 4 heteroatoms. The lowest BCUT2D eigenvalue weighted by Gasteiger charge is -2.35. The minimum absolute atomic E-state index is 0. The van der Waals surface area contributed by atoms with Crippen molar-refractivity contribution in [2.75, 3.05) is 26.2 Å². The molecule has 1 aliphatic heterocycles. The quantitative estimate of drug-likeness (QED) is 0.920. The zero-order valence-electron chi connectivity index (χ0n) is 10.5. The summed E-state index contributed by atoms with van der Waals surface area (Å²) in [6.07, 6.45) is 2.84. The molecule has 1 aromatic rings. The highest BCUT2D eigenvalue weighted by atomic mass is 35.5. The van der Waals surface area contributed by atoms with Gasteiger partial charge in [-0.05, 0) is 24.3 Å². The largest absolute Gasteiger partial charge is 0.314 e. The Morgan fingerprint density at radius 1 is 1.00 bits per heavy atom. The highest BCUT2D eigenvalue weighted by Crippen LogP contribution is 2.44. The van der Waals surface area contributed by atoms with E-state index in [1.807, 2.05) is 0 Å². The standard InChI is InChI=1S/C14H20N2.2ClH/c1-2-4-12(5-3-1)14(13-6-7-13)16-10-8-15-9-11-16;;/h1-5,13-15H,6-11H2;2*1H/t14-;;/m1../s1. The van der Waals surface area contributed by atoms with E-state index in [0.717, 1.165) is 19.0 Å². The van der Waals surface area contributed by atoms with E-state index in [0.29, 0.717) is 6.04 Å². The van der Waals surface area contributed by atoms with Gasteiger partial charge in [-0.15, -0.1) is 24.8 Å². The maximum absolute atomic E-state index is 3.44. The van der Waals surface area contributed by atoms with Gasteiger partial charge in [-0.3, -0.25) is 4.90 Å². The Morgan fingerprint density at radius 3 is 2.17 bits per heavy atom. The van der Waals surface area contributed by atoms with Crippen molar-refractivity contribution in [2.24, 2.45) is 5.92 Å². The number of hydrogen-bond donors (Lipinski definition) is 1. The first-order valence-corrected chi connectivity index (χ1v) is 6.45. The molecule has 1 saturated carbocycles. The maximum Gasteiger partial charge on any atom is 0.0377 e. The summed E-state index contributed by atoms with van der Waals surface area (Å²) < 4.78 is 0. The van der Waals surface area contributed by atoms with Crippen molar-refractivity contribution in [3.63, 3.8) is 0 Å². The second-order valence-corrected chi connectivity index (χ2v) is 4.98. The van der Waals surface area contributed by atoms with Gasteiger partial charge in [-0.25, -0.2) is 0 Å². The Balaban J connectivity index is 0.000000810. The highest BCUT2D eigenvalue weighted by Gasteiger charge is 2.36. The van der Waals surface area contributed by atoms with E-state index in [2.05, 4.69) is 40.5 Å². The average Bonchev–Trinajstić information content (AvgIpc) is 3.17. The van der Waals surface area contributed by atoms with Gasteiger partial charge >= 0.3 is 0 Å². The normalized spacial score (nSPS) is 21.6. The smallest absolute Gasteiger partial charge is 0.0377 e. The molecule has 1 aliphatic carbocycles. The van der Waals surface area contributed by atoms with Crippen LogP contribution in [0.3, 0.4) is 0 Å². The molecule has 1 heterocycles. The Bertz CT molecular complexity index is 335. The Hall–Kier alpha value is -0.280. The zero-order chi connectivity index (χ0) is 10.8. The minimum Gasteiger partial charge on any atom is -0.314 e. The fourth-order valence-electron chi connectivity index (χ4n) is 2.80. The lowest BCUT2D eigenvalue weighted by molar-refractivity contribution is 0.156. The van der Waals surface area contributed by atoms with Crippen LogP contribution in [-0.2, 0) is 0 Å². The SMILES string of the molecule is Cl.Cl.c1ccc([C@H](C2CC2)N2CCNCC2)cc1. The average molecular weight is 289 g/mol. The van der Waals surface area contributed by atoms with Gasteiger partial charge in [0.05, 0.1) is 0 Å². The summed E-state index contributed by atoms with van der Waals surface area (Å²) in [6.45, 7) is 4.71. The van der Waals surface area contributed by atoms with Gasteiger partial charge in [-0.1, -0.05) is 30.3 Å². The van der Waals surface area contributed by atoms with Crippen molar-refractivity contribution >= 4 is 24.8 Å². The van der Waals surface area contributed by atoms with Gasteiger partial charge in [-0.2, -0.15) is 0 Å². The van der Waals surface area contributed by atoms with Gasteiger partial charge in [0.2, 0.25) is 0 Å². The van der Waals surface area contributed by atoms with E-state index in [1.54, 1.807) is 0 Å². The van der Waals surface area contributed by atoms with Crippen LogP contribution in [0, 0.1) is 5.92 Å². The summed E-state index contributed by atoms with van der Waals surface area (Å²) in [6, 6.07) is 11.7. The van der Waals surface area contributed by atoms with Crippen LogP contribution in [0.4, 0.5) is 0 Å². The Labute approximate surface area is 122 Å². The Kier molecular flexibility index (Phi) is 6.44. The number of nitrogens with one attached hydrogen (secondary N) is 1. The van der Waals surface area contributed by atoms with Crippen LogP contribution in [0.15, 0.2) is 30.3 Å². The van der Waals surface area contributed by atoms with Gasteiger partial charge in [0.1, 0.15) is 0 Å². The van der Waals surface area contributed by atoms with Crippen LogP contribution >= 0.6 is 24.8 Å². The van der Waals surface area contributed by atoms with E-state index in [-0.39, 0.29) is 24.8 Å². The molecule has 1 N–H and O–H groups in total. The number of rotatable bonds is 3. The highest BCUT2D eigenvalue weighted by molar-refractivity contribution is 5.85. The lowest BCUT2D eigenvalue weighted by atomic mass is 10.00. The third kappa shape index (κ3) is 3.61. The summed E-state index contributed by atoms with van der Waals surface area (Å²) in [5, 5.41) is 3.44. The third-order valence-corrected chi connectivity index (χ3v) is 3.75. The molecule has 0 spiro atoms. The van der Waals surface area contributed by atoms with Crippen LogP contribution in [0.25, 0.3) is 0 Å². The molecule has 3 rings (SSSR count). The first-order valence-electron chi connectivity index (χ1n) is 6.45. The first-order chi connectivity index (χ1) is 7.95. The zero-order valence-corrected chi connectivity index (χ0v) is 12.2. The van der Waals surface area contributed by atoms with Gasteiger partial charge in [0, 0.05) is 32.2 Å². The molecule has 0 bridgehead atoms. The van der Waals surface area contributed by atoms with E-state index in [1.165, 1.54) is 31.5 Å². The first kappa shape index (κ1) is 15.8. The number of benzene rings is 1. The van der Waals surface area contributed by atoms with Gasteiger partial charge in [0.15, 0.2) is 0 Å². The number of hydrogen-bond acceptors (Lipinski definition) is 2. The van der Waals surface area contributed by atoms with E-state index < -0.39 is 0 Å². The second-order valence-electron chi connectivity index (χ2n) is 4.98. The predicted octanol–water partition coefficient (Wildman–Crippen LogP) is 2.89. The second kappa shape index (κ2) is 7.34. The molecule has 1 atom stereocenters. The molecule has 18 heavy (non-hydrogen) atoms. The minimum atomic E-state index is 0. The molecule has 0 radical (unpaired) electrons. The number of halogens is 2. The fourth-order valence-corrected chi connectivity index (χ4v) is 2.80. The molecule has 0 unspecified atom stereocenters. The predicted molar refractivity (Wildman–Crippen MR) is 80.8 cm³/mol. The molecule has 102 valence electrons. The van der Waals surface area contributed by atoms with Crippen LogP contribution in [0.1, 0.15) is 24.4 Å². The summed E-state index contributed by atoms with van der Waals surface area (Å²) in [4.78, 5) is 2.67. The van der Waals surface area contributed by atoms with Gasteiger partial charge < -0.3 is 5.32 Å². The van der Waals surface area contributed by atoms with Crippen LogP contribution < -0.4 is 5.32 Å². The molecule has 1 saturated heterocycles. The van der Waals surface area contributed by atoms with Crippen LogP contribution in [0.2, 0.25) is 0 Å². The molecule has 0 amide bonds. The van der Waals surface area contributed by atoms with Crippen LogP contribution in [-0.4, -0.2) is 31.1 Å². The van der Waals surface area contributed by atoms with Crippen molar-refractivity contribution in [1.29, 1.82) is 0 Å². The molecular weight excluding hydrogens is 267 g/mol. The molecule has 1 aromatic carbocycles. The van der Waals surface area contributed by atoms with E-state index in [4.69, 9.17) is 0 Å². The summed E-state index contributed by atoms with van der Waals surface area (Å²) in [5.41, 5.74) is 1.52. The lowest BCUT2D eigenvalue weighted by Crippen LogP contribution is -2.45. The third-order valence-electron chi connectivity index (χ3n) is 3.75. The molecule has 2 aliphatic rings. The molecule has 2 nitrogen and oxygen atoms in total. The summed E-state index contributed by atoms with van der Waals surface area (Å²) in [5.74, 6) is 0.917. The number of piperazine rings is 1. The van der Waals surface area contributed by atoms with E-state index >= 15 is 0 Å². The Morgan fingerprint density at radius 2 is 1.61 bits per heavy atom. The summed E-state index contributed by atoms with van der Waals surface area (Å²) >= 11 is 0.